The molecule has 1 atom stereocenters. The topological polar surface area (TPSA) is 34.1 Å². The van der Waals surface area contributed by atoms with Crippen LogP contribution in [-0.2, 0) is 4.74 Å². The third-order valence-corrected chi connectivity index (χ3v) is 4.99. The third-order valence-electron chi connectivity index (χ3n) is 4.01. The molecule has 1 unspecified atom stereocenters. The number of rotatable bonds is 7. The highest BCUT2D eigenvalue weighted by molar-refractivity contribution is 7.99. The van der Waals surface area contributed by atoms with Gasteiger partial charge in [0.25, 0.3) is 0 Å². The van der Waals surface area contributed by atoms with Gasteiger partial charge in [-0.25, -0.2) is 4.39 Å². The predicted molar refractivity (Wildman–Crippen MR) is 103 cm³/mol. The molecule has 0 aliphatic carbocycles. The summed E-state index contributed by atoms with van der Waals surface area (Å²) >= 11 is 1.78. The van der Waals surface area contributed by atoms with Crippen LogP contribution in [0.5, 0.6) is 0 Å². The van der Waals surface area contributed by atoms with Crippen LogP contribution in [0.15, 0.2) is 59.6 Å². The average molecular weight is 356 g/mol. The van der Waals surface area contributed by atoms with E-state index in [4.69, 9.17) is 4.74 Å². The van der Waals surface area contributed by atoms with Gasteiger partial charge in [0.2, 0.25) is 0 Å². The normalized spacial score (nSPS) is 12.3. The molecule has 0 saturated heterocycles. The van der Waals surface area contributed by atoms with Crippen LogP contribution < -0.4 is 5.32 Å². The van der Waals surface area contributed by atoms with Gasteiger partial charge in [0.05, 0.1) is 12.1 Å². The van der Waals surface area contributed by atoms with Crippen molar-refractivity contribution in [3.8, 4) is 0 Å². The lowest BCUT2D eigenvalue weighted by molar-refractivity contribution is 0.218. The number of pyridine rings is 1. The van der Waals surface area contributed by atoms with E-state index in [1.807, 2.05) is 6.07 Å². The number of benzene rings is 2. The molecule has 0 aliphatic rings. The number of methoxy groups -OCH3 is 1. The fourth-order valence-corrected chi connectivity index (χ4v) is 3.47. The number of aromatic nitrogens is 1. The number of nitrogens with zero attached hydrogens (tertiary/aromatic N) is 1. The molecule has 25 heavy (non-hydrogen) atoms. The van der Waals surface area contributed by atoms with E-state index in [0.717, 1.165) is 23.4 Å². The minimum absolute atomic E-state index is 0.133. The van der Waals surface area contributed by atoms with Crippen molar-refractivity contribution in [2.75, 3.05) is 24.8 Å². The standard InChI is InChI=1S/C20H21FN2OS/c1-14(15-3-6-17(7-4-15)25-12-11-24-2)23-19-9-10-22-20-13-16(21)5-8-18(19)20/h3-10,13-14H,11-12H2,1-2H3,(H,22,23). The summed E-state index contributed by atoms with van der Waals surface area (Å²) in [5, 5.41) is 4.42. The minimum atomic E-state index is -0.272. The quantitative estimate of drug-likeness (QED) is 0.461. The summed E-state index contributed by atoms with van der Waals surface area (Å²) in [4.78, 5) is 5.47. The van der Waals surface area contributed by atoms with Crippen LogP contribution in [0.4, 0.5) is 10.1 Å². The molecule has 1 heterocycles. The van der Waals surface area contributed by atoms with Gasteiger partial charge >= 0.3 is 0 Å². The molecule has 1 N–H and O–H groups in total. The van der Waals surface area contributed by atoms with Crippen LogP contribution in [0, 0.1) is 5.82 Å². The number of thioether (sulfide) groups is 1. The Morgan fingerprint density at radius 1 is 1.16 bits per heavy atom. The highest BCUT2D eigenvalue weighted by Gasteiger charge is 2.09. The summed E-state index contributed by atoms with van der Waals surface area (Å²) in [6.07, 6.45) is 1.70. The van der Waals surface area contributed by atoms with E-state index >= 15 is 0 Å². The number of hydrogen-bond acceptors (Lipinski definition) is 4. The first-order valence-corrected chi connectivity index (χ1v) is 9.18. The van der Waals surface area contributed by atoms with Crippen molar-refractivity contribution >= 4 is 28.4 Å². The molecule has 3 rings (SSSR count). The highest BCUT2D eigenvalue weighted by atomic mass is 32.2. The van der Waals surface area contributed by atoms with E-state index in [2.05, 4.69) is 41.5 Å². The zero-order valence-corrected chi connectivity index (χ0v) is 15.1. The van der Waals surface area contributed by atoms with E-state index in [1.54, 1.807) is 31.1 Å². The Morgan fingerprint density at radius 3 is 2.72 bits per heavy atom. The van der Waals surface area contributed by atoms with Gasteiger partial charge < -0.3 is 10.1 Å². The van der Waals surface area contributed by atoms with Crippen LogP contribution in [0.1, 0.15) is 18.5 Å². The molecule has 0 fully saturated rings. The molecule has 130 valence electrons. The second kappa shape index (κ2) is 8.32. The first-order valence-electron chi connectivity index (χ1n) is 8.20. The van der Waals surface area contributed by atoms with Crippen molar-refractivity contribution in [1.29, 1.82) is 0 Å². The van der Waals surface area contributed by atoms with Gasteiger partial charge in [-0.15, -0.1) is 11.8 Å². The summed E-state index contributed by atoms with van der Waals surface area (Å²) < 4.78 is 18.4. The average Bonchev–Trinajstić information content (AvgIpc) is 2.62. The van der Waals surface area contributed by atoms with Crippen LogP contribution in [-0.4, -0.2) is 24.5 Å². The van der Waals surface area contributed by atoms with Gasteiger partial charge in [-0.1, -0.05) is 12.1 Å². The van der Waals surface area contributed by atoms with Gasteiger partial charge in [-0.3, -0.25) is 4.98 Å². The molecule has 0 spiro atoms. The molecule has 0 amide bonds. The largest absolute Gasteiger partial charge is 0.384 e. The fraction of sp³-hybridized carbons (Fsp3) is 0.250. The molecular formula is C20H21FN2OS. The van der Waals surface area contributed by atoms with Crippen LogP contribution in [0.2, 0.25) is 0 Å². The van der Waals surface area contributed by atoms with Gasteiger partial charge in [-0.2, -0.15) is 0 Å². The summed E-state index contributed by atoms with van der Waals surface area (Å²) in [5.41, 5.74) is 2.81. The third kappa shape index (κ3) is 4.50. The van der Waals surface area contributed by atoms with E-state index in [0.29, 0.717) is 5.52 Å². The summed E-state index contributed by atoms with van der Waals surface area (Å²) in [6, 6.07) is 15.3. The maximum Gasteiger partial charge on any atom is 0.125 e. The van der Waals surface area contributed by atoms with Crippen LogP contribution in [0.3, 0.4) is 0 Å². The van der Waals surface area contributed by atoms with E-state index in [9.17, 15) is 4.39 Å². The maximum atomic E-state index is 13.4. The number of halogens is 1. The lowest BCUT2D eigenvalue weighted by Crippen LogP contribution is -2.07. The summed E-state index contributed by atoms with van der Waals surface area (Å²) in [5.74, 6) is 0.676. The number of hydrogen-bond donors (Lipinski definition) is 1. The van der Waals surface area contributed by atoms with Crippen LogP contribution in [0.25, 0.3) is 10.9 Å². The molecule has 2 aromatic carbocycles. The maximum absolute atomic E-state index is 13.4. The molecule has 0 radical (unpaired) electrons. The fourth-order valence-electron chi connectivity index (χ4n) is 2.66. The highest BCUT2D eigenvalue weighted by Crippen LogP contribution is 2.27. The monoisotopic (exact) mass is 356 g/mol. The molecule has 0 bridgehead atoms. The molecular weight excluding hydrogens is 335 g/mol. The Labute approximate surface area is 151 Å². The number of ether oxygens (including phenoxy) is 1. The summed E-state index contributed by atoms with van der Waals surface area (Å²) in [6.45, 7) is 2.86. The SMILES string of the molecule is COCCSc1ccc(C(C)Nc2ccnc3cc(F)ccc23)cc1. The van der Waals surface area contributed by atoms with Crippen molar-refractivity contribution in [3.63, 3.8) is 0 Å². The number of nitrogens with one attached hydrogen (secondary N) is 1. The van der Waals surface area contributed by atoms with E-state index in [-0.39, 0.29) is 11.9 Å². The van der Waals surface area contributed by atoms with Gasteiger partial charge in [-0.05, 0) is 42.8 Å². The first-order chi connectivity index (χ1) is 12.2. The van der Waals surface area contributed by atoms with Gasteiger partial charge in [0.1, 0.15) is 5.82 Å². The minimum Gasteiger partial charge on any atom is -0.384 e. The van der Waals surface area contributed by atoms with Crippen LogP contribution >= 0.6 is 11.8 Å². The van der Waals surface area contributed by atoms with E-state index < -0.39 is 0 Å². The molecule has 3 aromatic rings. The molecule has 3 nitrogen and oxygen atoms in total. The van der Waals surface area contributed by atoms with Crippen molar-refractivity contribution in [1.82, 2.24) is 4.98 Å². The second-order valence-electron chi connectivity index (χ2n) is 5.80. The lowest BCUT2D eigenvalue weighted by Gasteiger charge is -2.17. The second-order valence-corrected chi connectivity index (χ2v) is 6.96. The Bertz CT molecular complexity index is 839. The first kappa shape index (κ1) is 17.7. The van der Waals surface area contributed by atoms with E-state index in [1.165, 1.54) is 22.6 Å². The Morgan fingerprint density at radius 2 is 1.96 bits per heavy atom. The predicted octanol–water partition coefficient (Wildman–Crippen LogP) is 5.29. The molecule has 1 aromatic heterocycles. The van der Waals surface area contributed by atoms with Gasteiger partial charge in [0, 0.05) is 47.1 Å². The number of anilines is 1. The number of fused-ring (bicyclic) bond motifs is 1. The summed E-state index contributed by atoms with van der Waals surface area (Å²) in [7, 11) is 1.72. The van der Waals surface area contributed by atoms with Crippen molar-refractivity contribution in [3.05, 3.63) is 66.1 Å². The zero-order valence-electron chi connectivity index (χ0n) is 14.3. The van der Waals surface area contributed by atoms with Crippen molar-refractivity contribution < 1.29 is 9.13 Å². The Balaban J connectivity index is 1.73. The Kier molecular flexibility index (Phi) is 5.89. The van der Waals surface area contributed by atoms with Gasteiger partial charge in [0.15, 0.2) is 0 Å². The lowest BCUT2D eigenvalue weighted by atomic mass is 10.1. The molecule has 0 aliphatic heterocycles. The smallest absolute Gasteiger partial charge is 0.125 e. The van der Waals surface area contributed by atoms with Crippen molar-refractivity contribution in [2.45, 2.75) is 17.9 Å². The molecule has 5 heteroatoms. The molecule has 0 saturated carbocycles. The zero-order chi connectivity index (χ0) is 17.6. The Hall–Kier alpha value is -2.11. The van der Waals surface area contributed by atoms with Crippen molar-refractivity contribution in [2.24, 2.45) is 0 Å².